The van der Waals surface area contributed by atoms with Crippen LogP contribution in [-0.2, 0) is 0 Å². The van der Waals surface area contributed by atoms with Crippen LogP contribution >= 0.6 is 11.9 Å². The van der Waals surface area contributed by atoms with E-state index in [1.165, 1.54) is 43.7 Å². The van der Waals surface area contributed by atoms with E-state index in [0.717, 1.165) is 37.2 Å². The Morgan fingerprint density at radius 3 is 2.43 bits per heavy atom. The molecule has 0 atom stereocenters. The van der Waals surface area contributed by atoms with E-state index in [0.29, 0.717) is 0 Å². The molecule has 2 heterocycles. The maximum Gasteiger partial charge on any atom is 0.0465 e. The van der Waals surface area contributed by atoms with Crippen molar-refractivity contribution in [3.8, 4) is 12.3 Å². The van der Waals surface area contributed by atoms with Crippen LogP contribution in [0.5, 0.6) is 0 Å². The van der Waals surface area contributed by atoms with Crippen LogP contribution in [-0.4, -0.2) is 41.4 Å². The average Bonchev–Trinajstić information content (AvgIpc) is 2.59. The number of rotatable bonds is 4. The lowest BCUT2D eigenvalue weighted by molar-refractivity contribution is 0.100. The van der Waals surface area contributed by atoms with Crippen molar-refractivity contribution in [2.75, 3.05) is 31.9 Å². The summed E-state index contributed by atoms with van der Waals surface area (Å²) < 4.78 is 2.47. The van der Waals surface area contributed by atoms with E-state index in [1.807, 2.05) is 24.1 Å². The molecule has 0 bridgehead atoms. The van der Waals surface area contributed by atoms with Gasteiger partial charge < -0.3 is 10.6 Å². The number of benzene rings is 1. The molecule has 124 valence electrons. The highest BCUT2D eigenvalue weighted by Crippen LogP contribution is 2.32. The fraction of sp³-hybridized carbons (Fsp3) is 0.579. The van der Waals surface area contributed by atoms with Gasteiger partial charge in [-0.05, 0) is 68.8 Å². The Morgan fingerprint density at radius 1 is 1.09 bits per heavy atom. The number of para-hydroxylation sites is 1. The minimum Gasteiger partial charge on any atom is -0.398 e. The van der Waals surface area contributed by atoms with E-state index in [1.54, 1.807) is 0 Å². The van der Waals surface area contributed by atoms with Crippen molar-refractivity contribution in [2.45, 2.75) is 43.0 Å². The monoisotopic (exact) mass is 329 g/mol. The Kier molecular flexibility index (Phi) is 5.88. The minimum atomic E-state index is 0.756. The molecule has 0 amide bonds. The van der Waals surface area contributed by atoms with Gasteiger partial charge in [-0.15, -0.1) is 12.3 Å². The van der Waals surface area contributed by atoms with Gasteiger partial charge in [-0.2, -0.15) is 0 Å². The number of piperidine rings is 2. The molecular formula is C19H27N3S. The van der Waals surface area contributed by atoms with Gasteiger partial charge in [0.15, 0.2) is 0 Å². The fourth-order valence-corrected chi connectivity index (χ4v) is 4.67. The number of anilines is 1. The lowest BCUT2D eigenvalue weighted by atomic mass is 9.92. The van der Waals surface area contributed by atoms with Crippen molar-refractivity contribution in [1.82, 2.24) is 9.21 Å². The number of nitrogens with two attached hydrogens (primary N) is 1. The van der Waals surface area contributed by atoms with E-state index in [-0.39, 0.29) is 0 Å². The molecule has 0 aromatic heterocycles. The average molecular weight is 330 g/mol. The Hall–Kier alpha value is -1.15. The van der Waals surface area contributed by atoms with E-state index in [4.69, 9.17) is 12.2 Å². The van der Waals surface area contributed by atoms with Crippen molar-refractivity contribution in [3.05, 3.63) is 24.3 Å². The standard InChI is InChI=1S/C19H27N3S/c1-2-5-16-8-12-21(13-9-16)17-10-14-22(15-11-17)23-19-7-4-3-6-18(19)20/h1,3-4,6-7,16-17H,5,8-15,20H2. The molecule has 3 nitrogen and oxygen atoms in total. The van der Waals surface area contributed by atoms with Crippen LogP contribution in [0.1, 0.15) is 32.1 Å². The Morgan fingerprint density at radius 2 is 1.78 bits per heavy atom. The second kappa shape index (κ2) is 8.10. The summed E-state index contributed by atoms with van der Waals surface area (Å²) in [6.07, 6.45) is 11.5. The molecule has 1 aromatic carbocycles. The first-order chi connectivity index (χ1) is 11.3. The summed E-state index contributed by atoms with van der Waals surface area (Å²) in [5, 5.41) is 0. The number of nitrogens with zero attached hydrogens (tertiary/aromatic N) is 2. The molecule has 0 radical (unpaired) electrons. The van der Waals surface area contributed by atoms with Crippen molar-refractivity contribution in [1.29, 1.82) is 0 Å². The van der Waals surface area contributed by atoms with Crippen molar-refractivity contribution < 1.29 is 0 Å². The van der Waals surface area contributed by atoms with Crippen molar-refractivity contribution >= 4 is 17.6 Å². The first kappa shape index (κ1) is 16.7. The molecule has 23 heavy (non-hydrogen) atoms. The summed E-state index contributed by atoms with van der Waals surface area (Å²) >= 11 is 1.81. The third-order valence-electron chi connectivity index (χ3n) is 5.14. The van der Waals surface area contributed by atoms with Crippen LogP contribution in [0, 0.1) is 18.3 Å². The zero-order valence-corrected chi connectivity index (χ0v) is 14.6. The second-order valence-electron chi connectivity index (χ2n) is 6.68. The van der Waals surface area contributed by atoms with Crippen LogP contribution < -0.4 is 5.73 Å². The lowest BCUT2D eigenvalue weighted by Crippen LogP contribution is -2.46. The zero-order chi connectivity index (χ0) is 16.1. The molecular weight excluding hydrogens is 302 g/mol. The van der Waals surface area contributed by atoms with Crippen LogP contribution in [0.3, 0.4) is 0 Å². The van der Waals surface area contributed by atoms with E-state index in [9.17, 15) is 0 Å². The molecule has 0 spiro atoms. The van der Waals surface area contributed by atoms with E-state index >= 15 is 0 Å². The molecule has 3 rings (SSSR count). The molecule has 2 saturated heterocycles. The summed E-state index contributed by atoms with van der Waals surface area (Å²) in [5.74, 6) is 3.58. The molecule has 2 N–H and O–H groups in total. The van der Waals surface area contributed by atoms with Gasteiger partial charge in [-0.3, -0.25) is 0 Å². The van der Waals surface area contributed by atoms with Crippen LogP contribution in [0.25, 0.3) is 0 Å². The van der Waals surface area contributed by atoms with Gasteiger partial charge in [0.05, 0.1) is 0 Å². The largest absolute Gasteiger partial charge is 0.398 e. The molecule has 2 aliphatic rings. The number of nitrogen functional groups attached to an aromatic ring is 1. The predicted octanol–water partition coefficient (Wildman–Crippen LogP) is 3.48. The minimum absolute atomic E-state index is 0.756. The third-order valence-corrected chi connectivity index (χ3v) is 6.33. The SMILES string of the molecule is C#CCC1CCN(C2CCN(Sc3ccccc3N)CC2)CC1. The normalized spacial score (nSPS) is 22.0. The van der Waals surface area contributed by atoms with Gasteiger partial charge >= 0.3 is 0 Å². The summed E-state index contributed by atoms with van der Waals surface area (Å²) in [6.45, 7) is 4.76. The topological polar surface area (TPSA) is 32.5 Å². The molecule has 4 heteroatoms. The maximum absolute atomic E-state index is 6.05. The van der Waals surface area contributed by atoms with E-state index in [2.05, 4.69) is 27.3 Å². The quantitative estimate of drug-likeness (QED) is 0.521. The lowest BCUT2D eigenvalue weighted by Gasteiger charge is -2.41. The highest BCUT2D eigenvalue weighted by Gasteiger charge is 2.28. The Bertz CT molecular complexity index is 538. The summed E-state index contributed by atoms with van der Waals surface area (Å²) in [7, 11) is 0. The molecule has 0 aliphatic carbocycles. The molecule has 0 unspecified atom stereocenters. The Labute approximate surface area is 144 Å². The second-order valence-corrected chi connectivity index (χ2v) is 7.82. The van der Waals surface area contributed by atoms with Crippen LogP contribution in [0.2, 0.25) is 0 Å². The number of likely N-dealkylation sites (tertiary alicyclic amines) is 1. The molecule has 2 fully saturated rings. The van der Waals surface area contributed by atoms with Gasteiger partial charge in [0, 0.05) is 36.1 Å². The van der Waals surface area contributed by atoms with Gasteiger partial charge in [0.1, 0.15) is 0 Å². The Balaban J connectivity index is 1.44. The highest BCUT2D eigenvalue weighted by atomic mass is 32.2. The van der Waals surface area contributed by atoms with Gasteiger partial charge in [0.25, 0.3) is 0 Å². The van der Waals surface area contributed by atoms with Gasteiger partial charge in [-0.1, -0.05) is 12.1 Å². The zero-order valence-electron chi connectivity index (χ0n) is 13.8. The molecule has 0 saturated carbocycles. The summed E-state index contributed by atoms with van der Waals surface area (Å²) in [5.41, 5.74) is 6.93. The third kappa shape index (κ3) is 4.44. The summed E-state index contributed by atoms with van der Waals surface area (Å²) in [6, 6.07) is 8.91. The first-order valence-corrected chi connectivity index (χ1v) is 9.48. The molecule has 1 aromatic rings. The number of hydrogen-bond donors (Lipinski definition) is 1. The smallest absolute Gasteiger partial charge is 0.0465 e. The van der Waals surface area contributed by atoms with Gasteiger partial charge in [-0.25, -0.2) is 4.31 Å². The maximum atomic E-state index is 6.05. The van der Waals surface area contributed by atoms with Gasteiger partial charge in [0.2, 0.25) is 0 Å². The van der Waals surface area contributed by atoms with Crippen LogP contribution in [0.4, 0.5) is 5.69 Å². The number of hydrogen-bond acceptors (Lipinski definition) is 4. The number of terminal acetylenes is 1. The fourth-order valence-electron chi connectivity index (χ4n) is 3.69. The van der Waals surface area contributed by atoms with Crippen LogP contribution in [0.15, 0.2) is 29.2 Å². The van der Waals surface area contributed by atoms with Crippen molar-refractivity contribution in [2.24, 2.45) is 5.92 Å². The highest BCUT2D eigenvalue weighted by molar-refractivity contribution is 7.97. The summed E-state index contributed by atoms with van der Waals surface area (Å²) in [4.78, 5) is 3.88. The predicted molar refractivity (Wildman–Crippen MR) is 99.1 cm³/mol. The first-order valence-electron chi connectivity index (χ1n) is 8.71. The molecule has 2 aliphatic heterocycles. The van der Waals surface area contributed by atoms with E-state index < -0.39 is 0 Å². The van der Waals surface area contributed by atoms with Crippen molar-refractivity contribution in [3.63, 3.8) is 0 Å².